The Morgan fingerprint density at radius 2 is 2.14 bits per heavy atom. The molecule has 6 nitrogen and oxygen atoms in total. The van der Waals surface area contributed by atoms with Crippen LogP contribution in [0.5, 0.6) is 0 Å². The van der Waals surface area contributed by atoms with Gasteiger partial charge in [0.15, 0.2) is 5.15 Å². The highest BCUT2D eigenvalue weighted by molar-refractivity contribution is 6.33. The molecule has 7 heteroatoms. The molecule has 2 aromatic heterocycles. The molecule has 0 unspecified atom stereocenters. The fourth-order valence-electron chi connectivity index (χ4n) is 1.78. The van der Waals surface area contributed by atoms with Crippen molar-refractivity contribution in [2.24, 2.45) is 0 Å². The Morgan fingerprint density at radius 1 is 1.43 bits per heavy atom. The van der Waals surface area contributed by atoms with Gasteiger partial charge in [0.2, 0.25) is 0 Å². The molecule has 0 aliphatic heterocycles. The van der Waals surface area contributed by atoms with Gasteiger partial charge in [-0.15, -0.1) is 0 Å². The Morgan fingerprint density at radius 3 is 2.81 bits per heavy atom. The maximum atomic E-state index is 11.9. The van der Waals surface area contributed by atoms with Crippen molar-refractivity contribution in [1.82, 2.24) is 19.4 Å². The van der Waals surface area contributed by atoms with Crippen molar-refractivity contribution in [2.45, 2.75) is 32.9 Å². The van der Waals surface area contributed by atoms with Crippen molar-refractivity contribution in [2.75, 3.05) is 13.7 Å². The largest absolute Gasteiger partial charge is 0.448 e. The van der Waals surface area contributed by atoms with Gasteiger partial charge in [0.25, 0.3) is 0 Å². The Labute approximate surface area is 128 Å². The fraction of sp³-hybridized carbons (Fsp3) is 0.500. The smallest absolute Gasteiger partial charge is 0.409 e. The Hall–Kier alpha value is -1.82. The van der Waals surface area contributed by atoms with E-state index < -0.39 is 0 Å². The lowest BCUT2D eigenvalue weighted by Gasteiger charge is -2.30. The Bertz CT molecular complexity index is 648. The van der Waals surface area contributed by atoms with Gasteiger partial charge >= 0.3 is 6.09 Å². The summed E-state index contributed by atoms with van der Waals surface area (Å²) in [5, 5.41) is 0.392. The molecule has 0 N–H and O–H groups in total. The maximum Gasteiger partial charge on any atom is 0.409 e. The van der Waals surface area contributed by atoms with E-state index in [4.69, 9.17) is 16.3 Å². The summed E-state index contributed by atoms with van der Waals surface area (Å²) in [7, 11) is 1.72. The lowest BCUT2D eigenvalue weighted by atomic mass is 10.1. The van der Waals surface area contributed by atoms with Crippen LogP contribution in [0.3, 0.4) is 0 Å². The molecule has 0 spiro atoms. The number of carbonyl (C=O) groups excluding carboxylic acids is 1. The van der Waals surface area contributed by atoms with Crippen LogP contribution in [0.25, 0.3) is 11.0 Å². The molecular weight excluding hydrogens is 292 g/mol. The van der Waals surface area contributed by atoms with Crippen LogP contribution < -0.4 is 0 Å². The number of hydrogen-bond acceptors (Lipinski definition) is 4. The molecule has 0 saturated carbocycles. The van der Waals surface area contributed by atoms with E-state index in [9.17, 15) is 4.79 Å². The van der Waals surface area contributed by atoms with Crippen molar-refractivity contribution in [1.29, 1.82) is 0 Å². The van der Waals surface area contributed by atoms with E-state index in [1.165, 1.54) is 6.33 Å². The monoisotopic (exact) mass is 310 g/mol. The van der Waals surface area contributed by atoms with Crippen LogP contribution in [-0.2, 0) is 11.3 Å². The molecular formula is C14H19ClN4O2. The molecule has 0 atom stereocenters. The van der Waals surface area contributed by atoms with Crippen molar-refractivity contribution in [3.63, 3.8) is 0 Å². The van der Waals surface area contributed by atoms with E-state index in [0.29, 0.717) is 11.7 Å². The fourth-order valence-corrected chi connectivity index (χ4v) is 2.03. The average Bonchev–Trinajstić information content (AvgIpc) is 2.81. The summed E-state index contributed by atoms with van der Waals surface area (Å²) < 4.78 is 7.15. The van der Waals surface area contributed by atoms with E-state index in [0.717, 1.165) is 11.0 Å². The first-order chi connectivity index (χ1) is 9.80. The number of halogens is 1. The number of fused-ring (bicyclic) bond motifs is 1. The van der Waals surface area contributed by atoms with Crippen LogP contribution >= 0.6 is 11.6 Å². The van der Waals surface area contributed by atoms with Gasteiger partial charge in [-0.25, -0.2) is 14.8 Å². The first kappa shape index (κ1) is 15.6. The van der Waals surface area contributed by atoms with E-state index in [2.05, 4.69) is 9.97 Å². The van der Waals surface area contributed by atoms with Gasteiger partial charge in [0.05, 0.1) is 12.1 Å². The van der Waals surface area contributed by atoms with Crippen molar-refractivity contribution < 1.29 is 9.53 Å². The third-order valence-electron chi connectivity index (χ3n) is 3.34. The highest BCUT2D eigenvalue weighted by Crippen LogP contribution is 2.20. The third kappa shape index (κ3) is 3.44. The number of hydrogen-bond donors (Lipinski definition) is 0. The van der Waals surface area contributed by atoms with Gasteiger partial charge in [0.1, 0.15) is 18.5 Å². The summed E-state index contributed by atoms with van der Waals surface area (Å²) in [5.41, 5.74) is 1.25. The zero-order valence-corrected chi connectivity index (χ0v) is 13.4. The first-order valence-corrected chi connectivity index (χ1v) is 7.04. The number of amides is 1. The maximum absolute atomic E-state index is 11.9. The Balaban J connectivity index is 1.99. The molecule has 2 heterocycles. The number of rotatable bonds is 3. The highest BCUT2D eigenvalue weighted by Gasteiger charge is 2.23. The molecule has 0 aliphatic rings. The van der Waals surface area contributed by atoms with Crippen molar-refractivity contribution in [3.8, 4) is 0 Å². The van der Waals surface area contributed by atoms with Gasteiger partial charge < -0.3 is 14.2 Å². The second-order valence-corrected chi connectivity index (χ2v) is 6.11. The zero-order valence-electron chi connectivity index (χ0n) is 12.6. The van der Waals surface area contributed by atoms with Gasteiger partial charge in [0, 0.05) is 18.8 Å². The quantitative estimate of drug-likeness (QED) is 0.818. The number of nitrogens with zero attached hydrogens (tertiary/aromatic N) is 4. The van der Waals surface area contributed by atoms with Crippen LogP contribution in [-0.4, -0.2) is 44.7 Å². The van der Waals surface area contributed by atoms with Crippen LogP contribution in [0, 0.1) is 0 Å². The molecule has 0 fully saturated rings. The van der Waals surface area contributed by atoms with Gasteiger partial charge in [-0.2, -0.15) is 0 Å². The standard InChI is InChI=1S/C14H19ClN4O2/c1-14(2,3)18(4)13(20)21-8-7-19-6-5-10-11(19)12(15)17-9-16-10/h5-6,9H,7-8H2,1-4H3. The molecule has 0 radical (unpaired) electrons. The number of carbonyl (C=O) groups is 1. The summed E-state index contributed by atoms with van der Waals surface area (Å²) in [6.07, 6.45) is 2.93. The minimum atomic E-state index is -0.346. The number of aromatic nitrogens is 3. The predicted molar refractivity (Wildman–Crippen MR) is 81.4 cm³/mol. The SMILES string of the molecule is CN(C(=O)OCCn1ccc2ncnc(Cl)c21)C(C)(C)C. The van der Waals surface area contributed by atoms with E-state index >= 15 is 0 Å². The average molecular weight is 311 g/mol. The minimum Gasteiger partial charge on any atom is -0.448 e. The third-order valence-corrected chi connectivity index (χ3v) is 3.62. The molecule has 0 aliphatic carbocycles. The molecule has 21 heavy (non-hydrogen) atoms. The second-order valence-electron chi connectivity index (χ2n) is 5.75. The topological polar surface area (TPSA) is 60.2 Å². The van der Waals surface area contributed by atoms with Crippen LogP contribution in [0.1, 0.15) is 20.8 Å². The second kappa shape index (κ2) is 5.89. The lowest BCUT2D eigenvalue weighted by molar-refractivity contribution is 0.0790. The highest BCUT2D eigenvalue weighted by atomic mass is 35.5. The zero-order chi connectivity index (χ0) is 15.6. The molecule has 0 aromatic carbocycles. The lowest BCUT2D eigenvalue weighted by Crippen LogP contribution is -2.43. The Kier molecular flexibility index (Phi) is 4.37. The summed E-state index contributed by atoms with van der Waals surface area (Å²) in [6, 6.07) is 1.85. The number of ether oxygens (including phenoxy) is 1. The summed E-state index contributed by atoms with van der Waals surface area (Å²) >= 11 is 6.07. The van der Waals surface area contributed by atoms with E-state index in [1.807, 2.05) is 37.6 Å². The van der Waals surface area contributed by atoms with Crippen LogP contribution in [0.4, 0.5) is 4.79 Å². The van der Waals surface area contributed by atoms with Crippen LogP contribution in [0.15, 0.2) is 18.6 Å². The van der Waals surface area contributed by atoms with Gasteiger partial charge in [-0.1, -0.05) is 11.6 Å². The first-order valence-electron chi connectivity index (χ1n) is 6.66. The van der Waals surface area contributed by atoms with Gasteiger partial charge in [-0.3, -0.25) is 0 Å². The summed E-state index contributed by atoms with van der Waals surface area (Å²) in [4.78, 5) is 21.6. The molecule has 2 rings (SSSR count). The van der Waals surface area contributed by atoms with Crippen LogP contribution in [0.2, 0.25) is 5.15 Å². The summed E-state index contributed by atoms with van der Waals surface area (Å²) in [5.74, 6) is 0. The van der Waals surface area contributed by atoms with Gasteiger partial charge in [-0.05, 0) is 26.8 Å². The molecule has 2 aromatic rings. The normalized spacial score (nSPS) is 11.7. The molecule has 0 bridgehead atoms. The molecule has 1 amide bonds. The van der Waals surface area contributed by atoms with Crippen molar-refractivity contribution >= 4 is 28.7 Å². The van der Waals surface area contributed by atoms with E-state index in [-0.39, 0.29) is 18.2 Å². The summed E-state index contributed by atoms with van der Waals surface area (Å²) in [6.45, 7) is 6.61. The van der Waals surface area contributed by atoms with Crippen molar-refractivity contribution in [3.05, 3.63) is 23.7 Å². The molecule has 0 saturated heterocycles. The molecule has 114 valence electrons. The minimum absolute atomic E-state index is 0.258. The van der Waals surface area contributed by atoms with E-state index in [1.54, 1.807) is 11.9 Å². The predicted octanol–water partition coefficient (Wildman–Crippen LogP) is 2.95.